The molecule has 3 bridgehead atoms. The monoisotopic (exact) mass is 421 g/mol. The number of rotatable bonds is 5. The minimum absolute atomic E-state index is 0.00404. The highest BCUT2D eigenvalue weighted by Gasteiger charge is 2.53. The van der Waals surface area contributed by atoms with Crippen LogP contribution in [0.3, 0.4) is 0 Å². The van der Waals surface area contributed by atoms with E-state index in [0.29, 0.717) is 0 Å². The molecule has 2 amide bonds. The second-order valence-electron chi connectivity index (χ2n) is 11.4. The van der Waals surface area contributed by atoms with Crippen LogP contribution in [0, 0.1) is 17.8 Å². The van der Waals surface area contributed by atoms with Crippen molar-refractivity contribution in [3.8, 4) is 0 Å². The van der Waals surface area contributed by atoms with Gasteiger partial charge in [0.25, 0.3) is 0 Å². The summed E-state index contributed by atoms with van der Waals surface area (Å²) in [7, 11) is 0. The van der Waals surface area contributed by atoms with Crippen molar-refractivity contribution in [3.05, 3.63) is 35.9 Å². The first kappa shape index (κ1) is 21.0. The summed E-state index contributed by atoms with van der Waals surface area (Å²) in [5.74, 6) is 2.71. The maximum Gasteiger partial charge on any atom is 0.338 e. The Morgan fingerprint density at radius 1 is 1.16 bits per heavy atom. The first-order valence-corrected chi connectivity index (χ1v) is 12.7. The van der Waals surface area contributed by atoms with Gasteiger partial charge in [-0.1, -0.05) is 56.5 Å². The molecule has 1 N–H and O–H groups in total. The smallest absolute Gasteiger partial charge is 0.331 e. The molecule has 4 heteroatoms. The first-order valence-electron chi connectivity index (χ1n) is 12.7. The van der Waals surface area contributed by atoms with Gasteiger partial charge in [-0.25, -0.2) is 9.80 Å². The van der Waals surface area contributed by atoms with E-state index in [1.807, 2.05) is 5.01 Å². The van der Waals surface area contributed by atoms with E-state index >= 15 is 0 Å². The fourth-order valence-electron chi connectivity index (χ4n) is 7.55. The molecular weight excluding hydrogens is 382 g/mol. The number of fused-ring (bicyclic) bond motifs is 2. The number of unbranched alkanes of at least 4 members (excludes halogenated alkanes) is 1. The molecule has 5 unspecified atom stereocenters. The third-order valence-corrected chi connectivity index (χ3v) is 8.80. The molecular formula is C27H39N3O. The van der Waals surface area contributed by atoms with Gasteiger partial charge in [0.05, 0.1) is 5.54 Å². The zero-order chi connectivity index (χ0) is 21.6. The predicted octanol–water partition coefficient (Wildman–Crippen LogP) is 6.48. The summed E-state index contributed by atoms with van der Waals surface area (Å²) >= 11 is 0. The molecule has 4 nitrogen and oxygen atoms in total. The molecule has 4 aliphatic rings. The summed E-state index contributed by atoms with van der Waals surface area (Å²) < 4.78 is 0. The van der Waals surface area contributed by atoms with Crippen LogP contribution >= 0.6 is 0 Å². The average molecular weight is 422 g/mol. The summed E-state index contributed by atoms with van der Waals surface area (Å²) in [6.45, 7) is 6.61. The van der Waals surface area contributed by atoms with Crippen molar-refractivity contribution in [1.29, 1.82) is 0 Å². The quantitative estimate of drug-likeness (QED) is 0.581. The largest absolute Gasteiger partial charge is 0.338 e. The van der Waals surface area contributed by atoms with Crippen LogP contribution in [0.25, 0.3) is 0 Å². The lowest BCUT2D eigenvalue weighted by Gasteiger charge is -2.43. The number of nitrogens with one attached hydrogen (secondary N) is 1. The normalized spacial score (nSPS) is 35.7. The maximum absolute atomic E-state index is 13.8. The van der Waals surface area contributed by atoms with E-state index < -0.39 is 0 Å². The molecule has 3 fully saturated rings. The zero-order valence-corrected chi connectivity index (χ0v) is 19.6. The van der Waals surface area contributed by atoms with Gasteiger partial charge >= 0.3 is 6.03 Å². The number of benzene rings is 1. The molecule has 0 spiro atoms. The van der Waals surface area contributed by atoms with E-state index in [0.717, 1.165) is 49.1 Å². The topological polar surface area (TPSA) is 44.7 Å². The van der Waals surface area contributed by atoms with Gasteiger partial charge in [-0.15, -0.1) is 0 Å². The van der Waals surface area contributed by atoms with Gasteiger partial charge in [0, 0.05) is 17.2 Å². The highest BCUT2D eigenvalue weighted by atomic mass is 16.2. The number of nitrogens with zero attached hydrogens (tertiary/aromatic N) is 2. The average Bonchev–Trinajstić information content (AvgIpc) is 3.13. The fourth-order valence-corrected chi connectivity index (χ4v) is 7.55. The van der Waals surface area contributed by atoms with Gasteiger partial charge in [-0.3, -0.25) is 0 Å². The molecule has 0 radical (unpaired) electrons. The van der Waals surface area contributed by atoms with Crippen molar-refractivity contribution >= 4 is 11.7 Å². The zero-order valence-electron chi connectivity index (χ0n) is 19.6. The van der Waals surface area contributed by atoms with Gasteiger partial charge < -0.3 is 5.32 Å². The van der Waals surface area contributed by atoms with Gasteiger partial charge in [-0.05, 0) is 82.1 Å². The Kier molecular flexibility index (Phi) is 5.38. The Labute approximate surface area is 187 Å². The third-order valence-electron chi connectivity index (χ3n) is 8.80. The lowest BCUT2D eigenvalue weighted by molar-refractivity contribution is 0.115. The van der Waals surface area contributed by atoms with Crippen molar-refractivity contribution in [2.45, 2.75) is 102 Å². The van der Waals surface area contributed by atoms with Gasteiger partial charge in [0.1, 0.15) is 0 Å². The summed E-state index contributed by atoms with van der Waals surface area (Å²) in [6, 6.07) is 10.7. The van der Waals surface area contributed by atoms with Crippen LogP contribution in [0.15, 0.2) is 35.4 Å². The van der Waals surface area contributed by atoms with Crippen molar-refractivity contribution < 1.29 is 4.79 Å². The Morgan fingerprint density at radius 2 is 1.94 bits per heavy atom. The Hall–Kier alpha value is -1.84. The van der Waals surface area contributed by atoms with Crippen LogP contribution in [-0.2, 0) is 0 Å². The molecule has 1 aromatic carbocycles. The molecule has 1 aliphatic heterocycles. The van der Waals surface area contributed by atoms with E-state index in [1.54, 1.807) is 0 Å². The second-order valence-corrected chi connectivity index (χ2v) is 11.4. The highest BCUT2D eigenvalue weighted by Crippen LogP contribution is 2.55. The molecule has 31 heavy (non-hydrogen) atoms. The van der Waals surface area contributed by atoms with Crippen molar-refractivity contribution in [2.75, 3.05) is 0 Å². The summed E-state index contributed by atoms with van der Waals surface area (Å²) in [5.41, 5.74) is 2.06. The van der Waals surface area contributed by atoms with E-state index in [9.17, 15) is 4.79 Å². The minimum atomic E-state index is -0.369. The summed E-state index contributed by atoms with van der Waals surface area (Å²) in [6.07, 6.45) is 12.1. The number of carbonyl (C=O) groups excluding carboxylic acids is 1. The molecule has 168 valence electrons. The molecule has 0 aromatic heterocycles. The third kappa shape index (κ3) is 3.70. The predicted molar refractivity (Wildman–Crippen MR) is 126 cm³/mol. The number of urea groups is 1. The van der Waals surface area contributed by atoms with Gasteiger partial charge in [0.2, 0.25) is 0 Å². The van der Waals surface area contributed by atoms with Crippen LogP contribution in [0.2, 0.25) is 0 Å². The van der Waals surface area contributed by atoms with Crippen molar-refractivity contribution in [1.82, 2.24) is 10.3 Å². The minimum Gasteiger partial charge on any atom is -0.331 e. The van der Waals surface area contributed by atoms with Gasteiger partial charge in [0.15, 0.2) is 0 Å². The Balaban J connectivity index is 1.41. The van der Waals surface area contributed by atoms with E-state index in [1.165, 1.54) is 44.1 Å². The molecule has 5 rings (SSSR count). The van der Waals surface area contributed by atoms with E-state index in [2.05, 4.69) is 56.4 Å². The molecule has 5 atom stereocenters. The second kappa shape index (κ2) is 7.94. The molecule has 3 saturated carbocycles. The summed E-state index contributed by atoms with van der Waals surface area (Å²) in [5, 5.41) is 10.4. The number of hydrogen-bond donors (Lipinski definition) is 1. The van der Waals surface area contributed by atoms with Crippen molar-refractivity contribution in [2.24, 2.45) is 22.9 Å². The molecule has 0 saturated heterocycles. The van der Waals surface area contributed by atoms with Gasteiger partial charge in [-0.2, -0.15) is 5.10 Å². The van der Waals surface area contributed by atoms with Crippen molar-refractivity contribution in [3.63, 3.8) is 0 Å². The Morgan fingerprint density at radius 3 is 2.71 bits per heavy atom. The number of carbonyl (C=O) groups is 1. The number of hydrazone groups is 1. The Bertz CT molecular complexity index is 847. The van der Waals surface area contributed by atoms with Crippen LogP contribution in [0.4, 0.5) is 4.79 Å². The lowest BCUT2D eigenvalue weighted by atomic mass is 9.73. The molecule has 3 aliphatic carbocycles. The first-order chi connectivity index (χ1) is 14.9. The SMILES string of the molecule is CCCCC1=NN(C(=O)NC23CCCC4CC(CC4C2)C3)C(C)(C)C1c1ccccc1. The number of amides is 2. The van der Waals surface area contributed by atoms with Crippen LogP contribution in [0.5, 0.6) is 0 Å². The highest BCUT2D eigenvalue weighted by molar-refractivity contribution is 5.96. The molecule has 1 aromatic rings. The maximum atomic E-state index is 13.8. The molecule has 1 heterocycles. The standard InChI is InChI=1S/C27H39N3O/c1-4-5-13-23-24(20-10-7-6-8-11-20)26(2,3)30(29-23)25(31)28-27-14-9-12-21-15-19(17-27)16-22(21)18-27/h6-8,10-11,19,21-22,24H,4-5,9,12-18H2,1-3H3,(H,28,31). The van der Waals surface area contributed by atoms with E-state index in [-0.39, 0.29) is 23.0 Å². The summed E-state index contributed by atoms with van der Waals surface area (Å²) in [4.78, 5) is 13.8. The van der Waals surface area contributed by atoms with Crippen LogP contribution in [-0.4, -0.2) is 27.8 Å². The van der Waals surface area contributed by atoms with Crippen LogP contribution in [0.1, 0.15) is 96.5 Å². The number of hydrogen-bond acceptors (Lipinski definition) is 2. The lowest BCUT2D eigenvalue weighted by Crippen LogP contribution is -2.58. The van der Waals surface area contributed by atoms with Crippen LogP contribution < -0.4 is 5.32 Å². The van der Waals surface area contributed by atoms with E-state index in [4.69, 9.17) is 5.10 Å². The fraction of sp³-hybridized carbons (Fsp3) is 0.704.